The van der Waals surface area contributed by atoms with E-state index in [1.165, 1.54) is 11.8 Å². The molecule has 0 radical (unpaired) electrons. The van der Waals surface area contributed by atoms with E-state index in [1.54, 1.807) is 12.3 Å². The Labute approximate surface area is 131 Å². The average Bonchev–Trinajstić information content (AvgIpc) is 2.41. The Kier molecular flexibility index (Phi) is 5.15. The van der Waals surface area contributed by atoms with Gasteiger partial charge in [0.15, 0.2) is 0 Å². The predicted octanol–water partition coefficient (Wildman–Crippen LogP) is 3.86. The Bertz CT molecular complexity index is 601. The Morgan fingerprint density at radius 2 is 2.05 bits per heavy atom. The lowest BCUT2D eigenvalue weighted by Gasteiger charge is -2.14. The van der Waals surface area contributed by atoms with E-state index in [0.717, 1.165) is 10.9 Å². The Hall–Kier alpha value is -1.39. The monoisotopic (exact) mass is 352 g/mol. The molecule has 0 aliphatic carbocycles. The molecule has 20 heavy (non-hydrogen) atoms. The third-order valence-corrected chi connectivity index (χ3v) is 3.70. The molecule has 2 aromatic rings. The molecule has 0 spiro atoms. The van der Waals surface area contributed by atoms with Crippen LogP contribution in [0.15, 0.2) is 47.2 Å². The van der Waals surface area contributed by atoms with Crippen LogP contribution >= 0.6 is 27.5 Å². The zero-order valence-electron chi connectivity index (χ0n) is 10.9. The highest BCUT2D eigenvalue weighted by atomic mass is 79.9. The molecule has 0 saturated heterocycles. The molecule has 1 aromatic heterocycles. The fourth-order valence-corrected chi connectivity index (χ4v) is 2.33. The minimum atomic E-state index is -0.201. The summed E-state index contributed by atoms with van der Waals surface area (Å²) in [5.74, 6) is -0.201. The van der Waals surface area contributed by atoms with Crippen molar-refractivity contribution in [2.24, 2.45) is 0 Å². The third kappa shape index (κ3) is 4.05. The maximum atomic E-state index is 12.1. The molecule has 0 aliphatic heterocycles. The molecule has 1 atom stereocenters. The number of amides is 1. The van der Waals surface area contributed by atoms with Gasteiger partial charge >= 0.3 is 0 Å². The number of halogens is 2. The highest BCUT2D eigenvalue weighted by molar-refractivity contribution is 9.10. The molecule has 1 amide bonds. The number of aromatic nitrogens is 1. The molecule has 2 rings (SSSR count). The number of benzene rings is 1. The smallest absolute Gasteiger partial charge is 0.254 e. The number of nitrogens with one attached hydrogen (secondary N) is 1. The number of carbonyl (C=O) groups excluding carboxylic acids is 1. The van der Waals surface area contributed by atoms with Crippen molar-refractivity contribution >= 4 is 33.4 Å². The van der Waals surface area contributed by atoms with Crippen molar-refractivity contribution in [3.05, 3.63) is 63.3 Å². The summed E-state index contributed by atoms with van der Waals surface area (Å²) in [5, 5.41) is 3.34. The summed E-state index contributed by atoms with van der Waals surface area (Å²) in [6, 6.07) is 9.66. The van der Waals surface area contributed by atoms with Crippen LogP contribution in [0.2, 0.25) is 5.02 Å². The maximum absolute atomic E-state index is 12.1. The van der Waals surface area contributed by atoms with Gasteiger partial charge in [-0.05, 0) is 37.1 Å². The lowest BCUT2D eigenvalue weighted by Crippen LogP contribution is -2.34. The van der Waals surface area contributed by atoms with Crippen LogP contribution in [0.5, 0.6) is 0 Å². The van der Waals surface area contributed by atoms with Gasteiger partial charge in [-0.3, -0.25) is 9.78 Å². The second kappa shape index (κ2) is 6.86. The van der Waals surface area contributed by atoms with Crippen molar-refractivity contribution in [2.45, 2.75) is 19.4 Å². The van der Waals surface area contributed by atoms with Gasteiger partial charge in [0.2, 0.25) is 0 Å². The van der Waals surface area contributed by atoms with Gasteiger partial charge in [0, 0.05) is 22.9 Å². The predicted molar refractivity (Wildman–Crippen MR) is 84.0 cm³/mol. The van der Waals surface area contributed by atoms with Gasteiger partial charge in [-0.15, -0.1) is 0 Å². The second-order valence-corrected chi connectivity index (χ2v) is 5.88. The Morgan fingerprint density at radius 1 is 1.35 bits per heavy atom. The Balaban J connectivity index is 1.98. The average molecular weight is 354 g/mol. The molecule has 5 heteroatoms. The number of pyridine rings is 1. The second-order valence-electron chi connectivity index (χ2n) is 4.56. The van der Waals surface area contributed by atoms with Crippen molar-refractivity contribution in [3.8, 4) is 0 Å². The summed E-state index contributed by atoms with van der Waals surface area (Å²) in [4.78, 5) is 16.0. The van der Waals surface area contributed by atoms with E-state index in [-0.39, 0.29) is 11.9 Å². The third-order valence-electron chi connectivity index (χ3n) is 2.85. The maximum Gasteiger partial charge on any atom is 0.254 e. The van der Waals surface area contributed by atoms with Gasteiger partial charge in [-0.2, -0.15) is 0 Å². The van der Waals surface area contributed by atoms with Gasteiger partial charge in [-0.25, -0.2) is 0 Å². The zero-order chi connectivity index (χ0) is 14.5. The highest BCUT2D eigenvalue weighted by Gasteiger charge is 2.13. The fourth-order valence-electron chi connectivity index (χ4n) is 1.87. The van der Waals surface area contributed by atoms with E-state index < -0.39 is 0 Å². The number of carbonyl (C=O) groups is 1. The normalized spacial score (nSPS) is 11.9. The van der Waals surface area contributed by atoms with Crippen molar-refractivity contribution in [2.75, 3.05) is 0 Å². The van der Waals surface area contributed by atoms with Crippen LogP contribution in [0.3, 0.4) is 0 Å². The molecule has 0 aliphatic rings. The lowest BCUT2D eigenvalue weighted by molar-refractivity contribution is 0.0940. The van der Waals surface area contributed by atoms with Crippen LogP contribution in [0.25, 0.3) is 0 Å². The largest absolute Gasteiger partial charge is 0.349 e. The molecule has 0 bridgehead atoms. The summed E-state index contributed by atoms with van der Waals surface area (Å²) in [5.41, 5.74) is 1.56. The van der Waals surface area contributed by atoms with Gasteiger partial charge in [0.25, 0.3) is 5.91 Å². The molecule has 1 heterocycles. The Morgan fingerprint density at radius 3 is 2.70 bits per heavy atom. The fraction of sp³-hybridized carbons (Fsp3) is 0.200. The molecule has 0 saturated carbocycles. The van der Waals surface area contributed by atoms with E-state index in [0.29, 0.717) is 10.6 Å². The number of nitrogens with zero attached hydrogens (tertiary/aromatic N) is 1. The molecular weight excluding hydrogens is 340 g/mol. The van der Waals surface area contributed by atoms with Crippen LogP contribution in [0.4, 0.5) is 0 Å². The van der Waals surface area contributed by atoms with E-state index in [2.05, 4.69) is 26.2 Å². The van der Waals surface area contributed by atoms with Crippen molar-refractivity contribution < 1.29 is 4.79 Å². The summed E-state index contributed by atoms with van der Waals surface area (Å²) in [6.45, 7) is 1.96. The zero-order valence-corrected chi connectivity index (χ0v) is 13.3. The van der Waals surface area contributed by atoms with E-state index in [9.17, 15) is 4.79 Å². The van der Waals surface area contributed by atoms with Crippen LogP contribution in [-0.2, 0) is 6.42 Å². The number of rotatable bonds is 4. The van der Waals surface area contributed by atoms with Gasteiger partial charge in [0.05, 0.1) is 10.6 Å². The molecule has 1 N–H and O–H groups in total. The summed E-state index contributed by atoms with van der Waals surface area (Å²) in [6.07, 6.45) is 3.80. The van der Waals surface area contributed by atoms with Crippen LogP contribution in [-0.4, -0.2) is 16.9 Å². The topological polar surface area (TPSA) is 42.0 Å². The first kappa shape index (κ1) is 15.0. The van der Waals surface area contributed by atoms with Crippen LogP contribution in [0, 0.1) is 0 Å². The van der Waals surface area contributed by atoms with E-state index in [4.69, 9.17) is 11.6 Å². The van der Waals surface area contributed by atoms with E-state index in [1.807, 2.05) is 31.2 Å². The van der Waals surface area contributed by atoms with Gasteiger partial charge in [-0.1, -0.05) is 39.7 Å². The van der Waals surface area contributed by atoms with E-state index >= 15 is 0 Å². The highest BCUT2D eigenvalue weighted by Crippen LogP contribution is 2.14. The molecule has 1 aromatic carbocycles. The van der Waals surface area contributed by atoms with Crippen molar-refractivity contribution in [3.63, 3.8) is 0 Å². The first-order valence-corrected chi connectivity index (χ1v) is 7.38. The minimum Gasteiger partial charge on any atom is -0.349 e. The van der Waals surface area contributed by atoms with Gasteiger partial charge in [0.1, 0.15) is 0 Å². The van der Waals surface area contributed by atoms with Crippen molar-refractivity contribution in [1.82, 2.24) is 10.3 Å². The number of hydrogen-bond acceptors (Lipinski definition) is 2. The molecular formula is C15H14BrClN2O. The first-order chi connectivity index (χ1) is 9.56. The van der Waals surface area contributed by atoms with Crippen LogP contribution in [0.1, 0.15) is 22.8 Å². The molecule has 0 fully saturated rings. The SMILES string of the molecule is CC(Cc1ccc(Br)cc1)NC(=O)c1cnccc1Cl. The standard InChI is InChI=1S/C15H14BrClN2O/c1-10(8-11-2-4-12(16)5-3-11)19-15(20)13-9-18-7-6-14(13)17/h2-7,9-10H,8H2,1H3,(H,19,20). The van der Waals surface area contributed by atoms with Gasteiger partial charge < -0.3 is 5.32 Å². The summed E-state index contributed by atoms with van der Waals surface area (Å²) in [7, 11) is 0. The summed E-state index contributed by atoms with van der Waals surface area (Å²) < 4.78 is 1.04. The van der Waals surface area contributed by atoms with Crippen molar-refractivity contribution in [1.29, 1.82) is 0 Å². The first-order valence-electron chi connectivity index (χ1n) is 6.21. The summed E-state index contributed by atoms with van der Waals surface area (Å²) >= 11 is 9.37. The molecule has 104 valence electrons. The number of hydrogen-bond donors (Lipinski definition) is 1. The lowest BCUT2D eigenvalue weighted by atomic mass is 10.1. The molecule has 1 unspecified atom stereocenters. The quantitative estimate of drug-likeness (QED) is 0.907. The van der Waals surface area contributed by atoms with Crippen LogP contribution < -0.4 is 5.32 Å². The molecule has 3 nitrogen and oxygen atoms in total. The minimum absolute atomic E-state index is 0.0138.